The zero-order valence-electron chi connectivity index (χ0n) is 14.7. The lowest BCUT2D eigenvalue weighted by Crippen LogP contribution is -1.99. The standard InChI is InChI=1S/C18H26O3.C2H6/c1-2-3-4-5-6-7-8-9-10-15-21-17-13-11-16(12-14-17)18(19)20;1-2/h2,11-14H,1,3-10,15H2,(H,19,20);1-2H3. The van der Waals surface area contributed by atoms with E-state index in [1.165, 1.54) is 38.5 Å². The smallest absolute Gasteiger partial charge is 0.335 e. The van der Waals surface area contributed by atoms with Crippen LogP contribution in [0.15, 0.2) is 36.9 Å². The summed E-state index contributed by atoms with van der Waals surface area (Å²) in [5.41, 5.74) is 0.291. The van der Waals surface area contributed by atoms with Gasteiger partial charge in [-0.1, -0.05) is 52.0 Å². The van der Waals surface area contributed by atoms with Crippen LogP contribution in [0.25, 0.3) is 0 Å². The van der Waals surface area contributed by atoms with Gasteiger partial charge >= 0.3 is 5.97 Å². The predicted molar refractivity (Wildman–Crippen MR) is 97.4 cm³/mol. The second-order valence-electron chi connectivity index (χ2n) is 5.23. The fraction of sp³-hybridized carbons (Fsp3) is 0.550. The third-order valence-corrected chi connectivity index (χ3v) is 3.42. The van der Waals surface area contributed by atoms with Crippen LogP contribution in [-0.2, 0) is 0 Å². The molecule has 3 nitrogen and oxygen atoms in total. The first-order chi connectivity index (χ1) is 11.2. The molecule has 1 aromatic rings. The van der Waals surface area contributed by atoms with Gasteiger partial charge in [-0.25, -0.2) is 4.79 Å². The van der Waals surface area contributed by atoms with E-state index >= 15 is 0 Å². The molecule has 0 saturated heterocycles. The van der Waals surface area contributed by atoms with Crippen molar-refractivity contribution in [3.63, 3.8) is 0 Å². The van der Waals surface area contributed by atoms with Crippen LogP contribution in [0.5, 0.6) is 5.75 Å². The summed E-state index contributed by atoms with van der Waals surface area (Å²) in [6, 6.07) is 6.56. The molecule has 0 aromatic heterocycles. The highest BCUT2D eigenvalue weighted by atomic mass is 16.5. The van der Waals surface area contributed by atoms with Crippen LogP contribution in [0.1, 0.15) is 75.6 Å². The summed E-state index contributed by atoms with van der Waals surface area (Å²) in [7, 11) is 0. The van der Waals surface area contributed by atoms with E-state index in [1.54, 1.807) is 24.3 Å². The van der Waals surface area contributed by atoms with Gasteiger partial charge in [0.15, 0.2) is 0 Å². The topological polar surface area (TPSA) is 46.5 Å². The fourth-order valence-electron chi connectivity index (χ4n) is 2.16. The second-order valence-corrected chi connectivity index (χ2v) is 5.23. The first-order valence-corrected chi connectivity index (χ1v) is 8.81. The zero-order valence-corrected chi connectivity index (χ0v) is 14.7. The monoisotopic (exact) mass is 320 g/mol. The molecule has 23 heavy (non-hydrogen) atoms. The number of carboxylic acids is 1. The van der Waals surface area contributed by atoms with Crippen molar-refractivity contribution in [3.05, 3.63) is 42.5 Å². The molecule has 1 aromatic carbocycles. The molecular formula is C20H32O3. The SMILES string of the molecule is C=CCCCCCCCCCOc1ccc(C(=O)O)cc1.CC. The molecular weight excluding hydrogens is 288 g/mol. The molecule has 0 radical (unpaired) electrons. The minimum Gasteiger partial charge on any atom is -0.494 e. The Bertz CT molecular complexity index is 409. The molecule has 0 amide bonds. The Morgan fingerprint density at radius 2 is 1.52 bits per heavy atom. The number of ether oxygens (including phenoxy) is 1. The third-order valence-electron chi connectivity index (χ3n) is 3.42. The maximum Gasteiger partial charge on any atom is 0.335 e. The van der Waals surface area contributed by atoms with Gasteiger partial charge in [0.25, 0.3) is 0 Å². The van der Waals surface area contributed by atoms with Gasteiger partial charge in [0, 0.05) is 0 Å². The molecule has 0 fully saturated rings. The van der Waals surface area contributed by atoms with E-state index in [-0.39, 0.29) is 0 Å². The summed E-state index contributed by atoms with van der Waals surface area (Å²) in [5.74, 6) is -0.168. The number of benzene rings is 1. The van der Waals surface area contributed by atoms with Crippen molar-refractivity contribution in [2.45, 2.75) is 65.2 Å². The lowest BCUT2D eigenvalue weighted by molar-refractivity contribution is 0.0697. The van der Waals surface area contributed by atoms with Crippen molar-refractivity contribution in [2.75, 3.05) is 6.61 Å². The summed E-state index contributed by atoms with van der Waals surface area (Å²) in [5, 5.41) is 8.79. The van der Waals surface area contributed by atoms with Crippen molar-refractivity contribution in [1.29, 1.82) is 0 Å². The Morgan fingerprint density at radius 3 is 2.04 bits per heavy atom. The van der Waals surface area contributed by atoms with Crippen LogP contribution in [0.3, 0.4) is 0 Å². The molecule has 0 aliphatic carbocycles. The van der Waals surface area contributed by atoms with E-state index in [9.17, 15) is 4.79 Å². The number of hydrogen-bond acceptors (Lipinski definition) is 2. The molecule has 0 unspecified atom stereocenters. The molecule has 0 spiro atoms. The van der Waals surface area contributed by atoms with Crippen LogP contribution in [0.2, 0.25) is 0 Å². The lowest BCUT2D eigenvalue weighted by Gasteiger charge is -2.06. The highest BCUT2D eigenvalue weighted by molar-refractivity contribution is 5.87. The van der Waals surface area contributed by atoms with Gasteiger partial charge in [-0.15, -0.1) is 6.58 Å². The van der Waals surface area contributed by atoms with Gasteiger partial charge in [0.1, 0.15) is 5.75 Å². The Labute approximate surface area is 141 Å². The molecule has 130 valence electrons. The highest BCUT2D eigenvalue weighted by Gasteiger charge is 2.01. The summed E-state index contributed by atoms with van der Waals surface area (Å²) in [6.45, 7) is 8.42. The number of rotatable bonds is 12. The molecule has 0 aliphatic rings. The van der Waals surface area contributed by atoms with E-state index in [0.29, 0.717) is 12.2 Å². The van der Waals surface area contributed by atoms with Gasteiger partial charge in [-0.05, 0) is 43.5 Å². The number of hydrogen-bond donors (Lipinski definition) is 1. The average molecular weight is 320 g/mol. The van der Waals surface area contributed by atoms with Crippen LogP contribution < -0.4 is 4.74 Å². The maximum absolute atomic E-state index is 10.7. The van der Waals surface area contributed by atoms with Crippen molar-refractivity contribution in [2.24, 2.45) is 0 Å². The van der Waals surface area contributed by atoms with Crippen molar-refractivity contribution in [3.8, 4) is 5.75 Å². The lowest BCUT2D eigenvalue weighted by atomic mass is 10.1. The number of aromatic carboxylic acids is 1. The van der Waals surface area contributed by atoms with Gasteiger partial charge < -0.3 is 9.84 Å². The van der Waals surface area contributed by atoms with Crippen molar-refractivity contribution < 1.29 is 14.6 Å². The van der Waals surface area contributed by atoms with Gasteiger partial charge in [0.05, 0.1) is 12.2 Å². The highest BCUT2D eigenvalue weighted by Crippen LogP contribution is 2.13. The Hall–Kier alpha value is -1.77. The van der Waals surface area contributed by atoms with Crippen molar-refractivity contribution >= 4 is 5.97 Å². The molecule has 0 bridgehead atoms. The van der Waals surface area contributed by atoms with Crippen LogP contribution in [-0.4, -0.2) is 17.7 Å². The van der Waals surface area contributed by atoms with Crippen molar-refractivity contribution in [1.82, 2.24) is 0 Å². The maximum atomic E-state index is 10.7. The molecule has 1 N–H and O–H groups in total. The largest absolute Gasteiger partial charge is 0.494 e. The molecule has 0 heterocycles. The number of allylic oxidation sites excluding steroid dienone is 1. The van der Waals surface area contributed by atoms with Gasteiger partial charge in [-0.3, -0.25) is 0 Å². The van der Waals surface area contributed by atoms with E-state index in [1.807, 2.05) is 19.9 Å². The Morgan fingerprint density at radius 1 is 1.00 bits per heavy atom. The first kappa shape index (κ1) is 21.2. The quantitative estimate of drug-likeness (QED) is 0.374. The average Bonchev–Trinajstić information content (AvgIpc) is 2.59. The minimum absolute atomic E-state index is 0.291. The summed E-state index contributed by atoms with van der Waals surface area (Å²) >= 11 is 0. The Balaban J connectivity index is 0.00000232. The van der Waals surface area contributed by atoms with Crippen LogP contribution in [0.4, 0.5) is 0 Å². The molecule has 3 heteroatoms. The summed E-state index contributed by atoms with van der Waals surface area (Å²) in [6.07, 6.45) is 11.8. The molecule has 0 atom stereocenters. The van der Waals surface area contributed by atoms with E-state index in [2.05, 4.69) is 6.58 Å². The Kier molecular flexibility index (Phi) is 14.0. The van der Waals surface area contributed by atoms with E-state index in [4.69, 9.17) is 9.84 Å². The predicted octanol–water partition coefficient (Wildman–Crippen LogP) is 6.10. The fourth-order valence-corrected chi connectivity index (χ4v) is 2.16. The molecule has 1 rings (SSSR count). The minimum atomic E-state index is -0.908. The number of carboxylic acid groups (broad SMARTS) is 1. The number of unbranched alkanes of at least 4 members (excludes halogenated alkanes) is 7. The van der Waals surface area contributed by atoms with E-state index in [0.717, 1.165) is 18.6 Å². The summed E-state index contributed by atoms with van der Waals surface area (Å²) < 4.78 is 5.60. The molecule has 0 saturated carbocycles. The van der Waals surface area contributed by atoms with Crippen LogP contribution >= 0.6 is 0 Å². The third kappa shape index (κ3) is 11.5. The first-order valence-electron chi connectivity index (χ1n) is 8.81. The zero-order chi connectivity index (χ0) is 17.3. The molecule has 0 aliphatic heterocycles. The van der Waals surface area contributed by atoms with Gasteiger partial charge in [-0.2, -0.15) is 0 Å². The normalized spacial score (nSPS) is 9.65. The summed E-state index contributed by atoms with van der Waals surface area (Å²) in [4.78, 5) is 10.7. The second kappa shape index (κ2) is 15.1. The van der Waals surface area contributed by atoms with Gasteiger partial charge in [0.2, 0.25) is 0 Å². The number of carbonyl (C=O) groups is 1. The van der Waals surface area contributed by atoms with E-state index < -0.39 is 5.97 Å². The van der Waals surface area contributed by atoms with Crippen LogP contribution in [0, 0.1) is 0 Å².